The number of likely N-dealkylation sites (N-methyl/N-ethyl adjacent to an activating group) is 1. The smallest absolute Gasteiger partial charge is 0.327 e. The quantitative estimate of drug-likeness (QED) is 0.638. The number of piperidine rings is 1. The maximum Gasteiger partial charge on any atom is 0.406 e. The molecule has 0 saturated carbocycles. The fourth-order valence-corrected chi connectivity index (χ4v) is 4.16. The molecule has 0 radical (unpaired) electrons. The van der Waals surface area contributed by atoms with Gasteiger partial charge >= 0.3 is 6.18 Å². The zero-order valence-electron chi connectivity index (χ0n) is 15.6. The molecule has 0 aliphatic carbocycles. The molecule has 1 atom stereocenters. The van der Waals surface area contributed by atoms with Crippen molar-refractivity contribution < 1.29 is 18.0 Å². The Labute approximate surface area is 169 Å². The highest BCUT2D eigenvalue weighted by atomic mass is 35.5. The first-order chi connectivity index (χ1) is 13.7. The van der Waals surface area contributed by atoms with Gasteiger partial charge in [0.05, 0.1) is 11.6 Å². The lowest BCUT2D eigenvalue weighted by molar-refractivity contribution is -0.139. The van der Waals surface area contributed by atoms with E-state index in [0.29, 0.717) is 22.1 Å². The summed E-state index contributed by atoms with van der Waals surface area (Å²) in [4.78, 5) is 22.6. The van der Waals surface area contributed by atoms with Crippen molar-refractivity contribution in [3.05, 3.63) is 29.7 Å². The Hall–Kier alpha value is -2.39. The van der Waals surface area contributed by atoms with E-state index >= 15 is 0 Å². The van der Waals surface area contributed by atoms with Crippen LogP contribution in [0.25, 0.3) is 21.9 Å². The van der Waals surface area contributed by atoms with Gasteiger partial charge in [-0.1, -0.05) is 18.0 Å². The fraction of sp³-hybridized carbons (Fsp3) is 0.421. The summed E-state index contributed by atoms with van der Waals surface area (Å²) >= 11 is 6.09. The second kappa shape index (κ2) is 7.46. The van der Waals surface area contributed by atoms with E-state index in [0.717, 1.165) is 30.4 Å². The lowest BCUT2D eigenvalue weighted by Gasteiger charge is -2.31. The molecule has 1 amide bonds. The molecule has 0 spiro atoms. The maximum atomic E-state index is 13.1. The van der Waals surface area contributed by atoms with Crippen molar-refractivity contribution in [1.82, 2.24) is 19.4 Å². The molecule has 154 valence electrons. The number of hydrogen-bond donors (Lipinski definition) is 1. The first kappa shape index (κ1) is 19.9. The molecule has 0 bridgehead atoms. The molecule has 3 heterocycles. The fourth-order valence-electron chi connectivity index (χ4n) is 3.93. The summed E-state index contributed by atoms with van der Waals surface area (Å²) in [6.07, 6.45) is -0.397. The van der Waals surface area contributed by atoms with E-state index in [1.165, 1.54) is 6.33 Å². The van der Waals surface area contributed by atoms with E-state index in [9.17, 15) is 18.0 Å². The van der Waals surface area contributed by atoms with Gasteiger partial charge < -0.3 is 9.88 Å². The van der Waals surface area contributed by atoms with Gasteiger partial charge in [0.2, 0.25) is 5.91 Å². The summed E-state index contributed by atoms with van der Waals surface area (Å²) in [5.74, 6) is -0.127. The number of carbonyl (C=O) groups excluding carboxylic acids is 1. The summed E-state index contributed by atoms with van der Waals surface area (Å²) in [6, 6.07) is 4.55. The van der Waals surface area contributed by atoms with Crippen LogP contribution in [0, 0.1) is 0 Å². The number of fused-ring (bicyclic) bond motifs is 3. The van der Waals surface area contributed by atoms with Gasteiger partial charge in [-0.2, -0.15) is 13.2 Å². The van der Waals surface area contributed by atoms with Crippen molar-refractivity contribution in [2.24, 2.45) is 0 Å². The highest BCUT2D eigenvalue weighted by Crippen LogP contribution is 2.35. The molecule has 1 aliphatic heterocycles. The first-order valence-corrected chi connectivity index (χ1v) is 9.63. The zero-order valence-corrected chi connectivity index (χ0v) is 16.4. The Morgan fingerprint density at radius 2 is 2.10 bits per heavy atom. The highest BCUT2D eigenvalue weighted by molar-refractivity contribution is 6.34. The Bertz CT molecular complexity index is 1080. The van der Waals surface area contributed by atoms with E-state index in [4.69, 9.17) is 11.6 Å². The van der Waals surface area contributed by atoms with Crippen molar-refractivity contribution in [3.8, 4) is 0 Å². The first-order valence-electron chi connectivity index (χ1n) is 9.25. The Morgan fingerprint density at radius 1 is 1.31 bits per heavy atom. The van der Waals surface area contributed by atoms with Gasteiger partial charge in [0, 0.05) is 11.1 Å². The average molecular weight is 426 g/mol. The SMILES string of the molecule is CN1CCCCC1C(=O)Nc1ccc2c(c1)c1ncnc(Cl)c1n2CC(F)(F)F. The van der Waals surface area contributed by atoms with Crippen LogP contribution < -0.4 is 5.32 Å². The minimum Gasteiger partial charge on any atom is -0.327 e. The van der Waals surface area contributed by atoms with E-state index in [2.05, 4.69) is 15.3 Å². The standard InChI is InChI=1S/C19H19ClF3N5O/c1-27-7-3-2-4-14(27)18(29)26-11-5-6-13-12(8-11)15-16(17(20)25-10-24-15)28(13)9-19(21,22)23/h5-6,8,10,14H,2-4,7,9H2,1H3,(H,26,29). The number of nitrogens with zero attached hydrogens (tertiary/aromatic N) is 4. The van der Waals surface area contributed by atoms with Crippen LogP contribution in [-0.2, 0) is 11.3 Å². The molecule has 6 nitrogen and oxygen atoms in total. The molecule has 1 aromatic carbocycles. The number of likely N-dealkylation sites (tertiary alicyclic amines) is 1. The Morgan fingerprint density at radius 3 is 2.83 bits per heavy atom. The van der Waals surface area contributed by atoms with Crippen LogP contribution in [-0.4, -0.2) is 51.2 Å². The van der Waals surface area contributed by atoms with Crippen LogP contribution in [0.15, 0.2) is 24.5 Å². The molecule has 1 saturated heterocycles. The molecular formula is C19H19ClF3N5O. The van der Waals surface area contributed by atoms with E-state index in [1.807, 2.05) is 11.9 Å². The second-order valence-corrected chi connectivity index (χ2v) is 7.63. The minimum atomic E-state index is -4.43. The normalized spacial score (nSPS) is 18.4. The van der Waals surface area contributed by atoms with Crippen LogP contribution in [0.3, 0.4) is 0 Å². The van der Waals surface area contributed by atoms with Crippen LogP contribution >= 0.6 is 11.6 Å². The lowest BCUT2D eigenvalue weighted by atomic mass is 10.0. The third-order valence-corrected chi connectivity index (χ3v) is 5.54. The molecular weight excluding hydrogens is 407 g/mol. The van der Waals surface area contributed by atoms with Crippen molar-refractivity contribution in [2.75, 3.05) is 18.9 Å². The maximum absolute atomic E-state index is 13.1. The number of anilines is 1. The van der Waals surface area contributed by atoms with Crippen molar-refractivity contribution in [1.29, 1.82) is 0 Å². The third-order valence-electron chi connectivity index (χ3n) is 5.27. The van der Waals surface area contributed by atoms with Gasteiger partial charge in [0.1, 0.15) is 23.9 Å². The van der Waals surface area contributed by atoms with Gasteiger partial charge in [-0.3, -0.25) is 9.69 Å². The number of nitrogens with one attached hydrogen (secondary N) is 1. The number of hydrogen-bond acceptors (Lipinski definition) is 4. The van der Waals surface area contributed by atoms with Gasteiger partial charge in [-0.05, 0) is 44.6 Å². The molecule has 3 aromatic rings. The average Bonchev–Trinajstić information content (AvgIpc) is 2.95. The van der Waals surface area contributed by atoms with Crippen molar-refractivity contribution in [3.63, 3.8) is 0 Å². The second-order valence-electron chi connectivity index (χ2n) is 7.28. The number of rotatable bonds is 3. The van der Waals surface area contributed by atoms with Crippen LogP contribution in [0.1, 0.15) is 19.3 Å². The van der Waals surface area contributed by atoms with Crippen LogP contribution in [0.4, 0.5) is 18.9 Å². The Kier molecular flexibility index (Phi) is 5.12. The van der Waals surface area contributed by atoms with Crippen molar-refractivity contribution in [2.45, 2.75) is 38.0 Å². The summed E-state index contributed by atoms with van der Waals surface area (Å²) < 4.78 is 40.5. The molecule has 1 unspecified atom stereocenters. The molecule has 1 fully saturated rings. The predicted molar refractivity (Wildman–Crippen MR) is 105 cm³/mol. The molecule has 29 heavy (non-hydrogen) atoms. The topological polar surface area (TPSA) is 63.1 Å². The summed E-state index contributed by atoms with van der Waals surface area (Å²) in [6.45, 7) is -0.351. The highest BCUT2D eigenvalue weighted by Gasteiger charge is 2.31. The monoisotopic (exact) mass is 425 g/mol. The molecule has 10 heteroatoms. The van der Waals surface area contributed by atoms with E-state index in [1.54, 1.807) is 18.2 Å². The number of carbonyl (C=O) groups is 1. The number of alkyl halides is 3. The molecule has 1 aliphatic rings. The predicted octanol–water partition coefficient (Wildman–Crippen LogP) is 4.22. The summed E-state index contributed by atoms with van der Waals surface area (Å²) in [5.41, 5.74) is 1.27. The van der Waals surface area contributed by atoms with Gasteiger partial charge in [0.15, 0.2) is 5.15 Å². The third kappa shape index (κ3) is 3.89. The van der Waals surface area contributed by atoms with Gasteiger partial charge in [-0.25, -0.2) is 9.97 Å². The van der Waals surface area contributed by atoms with Crippen LogP contribution in [0.2, 0.25) is 5.15 Å². The van der Waals surface area contributed by atoms with E-state index in [-0.39, 0.29) is 22.6 Å². The Balaban J connectivity index is 1.75. The van der Waals surface area contributed by atoms with Gasteiger partial charge in [0.25, 0.3) is 0 Å². The number of benzene rings is 1. The largest absolute Gasteiger partial charge is 0.406 e. The number of halogens is 4. The minimum absolute atomic E-state index is 0.0511. The summed E-state index contributed by atoms with van der Waals surface area (Å²) in [7, 11) is 1.91. The molecule has 4 rings (SSSR count). The van der Waals surface area contributed by atoms with Crippen LogP contribution in [0.5, 0.6) is 0 Å². The van der Waals surface area contributed by atoms with Gasteiger partial charge in [-0.15, -0.1) is 0 Å². The van der Waals surface area contributed by atoms with E-state index < -0.39 is 12.7 Å². The summed E-state index contributed by atoms with van der Waals surface area (Å²) in [5, 5.41) is 3.31. The zero-order chi connectivity index (χ0) is 20.8. The van der Waals surface area contributed by atoms with Crippen molar-refractivity contribution >= 4 is 45.1 Å². The number of amides is 1. The molecule has 1 N–H and O–H groups in total. The number of aromatic nitrogens is 3. The lowest BCUT2D eigenvalue weighted by Crippen LogP contribution is -2.44. The molecule has 2 aromatic heterocycles.